The summed E-state index contributed by atoms with van der Waals surface area (Å²) >= 11 is 0. The van der Waals surface area contributed by atoms with Gasteiger partial charge in [-0.25, -0.2) is 0 Å². The van der Waals surface area contributed by atoms with Crippen LogP contribution in [-0.2, 0) is 4.84 Å². The van der Waals surface area contributed by atoms with Crippen molar-refractivity contribution in [1.82, 2.24) is 0 Å². The Morgan fingerprint density at radius 2 is 2.27 bits per heavy atom. The van der Waals surface area contributed by atoms with Crippen molar-refractivity contribution >= 4 is 11.4 Å². The molecule has 1 aromatic rings. The van der Waals surface area contributed by atoms with E-state index in [9.17, 15) is 0 Å². The maximum Gasteiger partial charge on any atom is 0.101 e. The summed E-state index contributed by atoms with van der Waals surface area (Å²) in [4.78, 5) is 5.49. The van der Waals surface area contributed by atoms with Crippen LogP contribution < -0.4 is 10.8 Å². The van der Waals surface area contributed by atoms with Gasteiger partial charge in [0.2, 0.25) is 0 Å². The van der Waals surface area contributed by atoms with Crippen LogP contribution in [0.1, 0.15) is 18.4 Å². The highest BCUT2D eigenvalue weighted by atomic mass is 16.7. The number of rotatable bonds is 1. The summed E-state index contributed by atoms with van der Waals surface area (Å²) in [5, 5.41) is 10.7. The van der Waals surface area contributed by atoms with Gasteiger partial charge in [-0.1, -0.05) is 0 Å². The molecule has 0 aliphatic carbocycles. The number of nitrogens with zero attached hydrogens (tertiary/aromatic N) is 2. The fourth-order valence-electron chi connectivity index (χ4n) is 1.60. The van der Waals surface area contributed by atoms with Gasteiger partial charge >= 0.3 is 0 Å². The average Bonchev–Trinajstić information content (AvgIpc) is 2.31. The molecule has 1 aliphatic rings. The van der Waals surface area contributed by atoms with Gasteiger partial charge in [-0.05, 0) is 31.0 Å². The van der Waals surface area contributed by atoms with Crippen molar-refractivity contribution < 1.29 is 4.84 Å². The lowest BCUT2D eigenvalue weighted by molar-refractivity contribution is 0.0778. The quantitative estimate of drug-likeness (QED) is 0.705. The second-order valence-corrected chi connectivity index (χ2v) is 3.53. The molecule has 0 amide bonds. The van der Waals surface area contributed by atoms with Crippen LogP contribution in [0.15, 0.2) is 18.2 Å². The lowest BCUT2D eigenvalue weighted by Crippen LogP contribution is -2.29. The first-order chi connectivity index (χ1) is 7.31. The van der Waals surface area contributed by atoms with Gasteiger partial charge in [0.25, 0.3) is 0 Å². The van der Waals surface area contributed by atoms with Crippen LogP contribution in [0.4, 0.5) is 11.4 Å². The van der Waals surface area contributed by atoms with E-state index in [1.54, 1.807) is 12.1 Å². The fraction of sp³-hybridized carbons (Fsp3) is 0.364. The van der Waals surface area contributed by atoms with Crippen molar-refractivity contribution in [1.29, 1.82) is 5.26 Å². The van der Waals surface area contributed by atoms with Crippen LogP contribution in [0.2, 0.25) is 0 Å². The van der Waals surface area contributed by atoms with Crippen molar-refractivity contribution in [2.75, 3.05) is 23.9 Å². The van der Waals surface area contributed by atoms with Crippen LogP contribution in [0.3, 0.4) is 0 Å². The molecule has 0 aromatic heterocycles. The van der Waals surface area contributed by atoms with Crippen LogP contribution in [0.25, 0.3) is 0 Å². The molecule has 1 saturated heterocycles. The predicted octanol–water partition coefficient (Wildman–Crippen LogP) is 1.67. The van der Waals surface area contributed by atoms with E-state index in [4.69, 9.17) is 15.8 Å². The minimum Gasteiger partial charge on any atom is -0.398 e. The number of hydrogen-bond donors (Lipinski definition) is 1. The van der Waals surface area contributed by atoms with E-state index in [2.05, 4.69) is 6.07 Å². The minimum atomic E-state index is 0.502. The standard InChI is InChI=1S/C11H13N3O/c12-8-9-7-10(3-4-11(9)13)14-5-1-2-6-15-14/h3-4,7H,1-2,5-6,13H2. The Balaban J connectivity index is 2.25. The van der Waals surface area contributed by atoms with Crippen LogP contribution in [0, 0.1) is 11.3 Å². The summed E-state index contributed by atoms with van der Waals surface area (Å²) in [5.74, 6) is 0. The van der Waals surface area contributed by atoms with Gasteiger partial charge in [0, 0.05) is 12.2 Å². The Bertz CT molecular complexity index is 391. The normalized spacial score (nSPS) is 16.1. The number of hydroxylamine groups is 1. The van der Waals surface area contributed by atoms with Gasteiger partial charge in [0.05, 0.1) is 17.9 Å². The highest BCUT2D eigenvalue weighted by Crippen LogP contribution is 2.23. The van der Waals surface area contributed by atoms with E-state index >= 15 is 0 Å². The second-order valence-electron chi connectivity index (χ2n) is 3.53. The van der Waals surface area contributed by atoms with Gasteiger partial charge < -0.3 is 5.73 Å². The second kappa shape index (κ2) is 4.20. The molecular formula is C11H13N3O. The first kappa shape index (κ1) is 9.81. The molecule has 0 bridgehead atoms. The van der Waals surface area contributed by atoms with E-state index in [1.165, 1.54) is 0 Å². The molecule has 1 aliphatic heterocycles. The molecule has 2 N–H and O–H groups in total. The predicted molar refractivity (Wildman–Crippen MR) is 58.1 cm³/mol. The van der Waals surface area contributed by atoms with Crippen LogP contribution >= 0.6 is 0 Å². The Morgan fingerprint density at radius 3 is 2.93 bits per heavy atom. The van der Waals surface area contributed by atoms with E-state index < -0.39 is 0 Å². The molecular weight excluding hydrogens is 190 g/mol. The number of hydrogen-bond acceptors (Lipinski definition) is 4. The number of nitriles is 1. The zero-order chi connectivity index (χ0) is 10.7. The molecule has 1 fully saturated rings. The minimum absolute atomic E-state index is 0.502. The van der Waals surface area contributed by atoms with E-state index in [-0.39, 0.29) is 0 Å². The third kappa shape index (κ3) is 2.03. The van der Waals surface area contributed by atoms with Gasteiger partial charge in [0.15, 0.2) is 0 Å². The van der Waals surface area contributed by atoms with Gasteiger partial charge in [-0.2, -0.15) is 5.26 Å². The molecule has 2 rings (SSSR count). The summed E-state index contributed by atoms with van der Waals surface area (Å²) in [6, 6.07) is 7.45. The highest BCUT2D eigenvalue weighted by molar-refractivity contribution is 5.62. The molecule has 15 heavy (non-hydrogen) atoms. The average molecular weight is 203 g/mol. The fourth-order valence-corrected chi connectivity index (χ4v) is 1.60. The number of nitrogens with two attached hydrogens (primary N) is 1. The SMILES string of the molecule is N#Cc1cc(N2CCCCO2)ccc1N. The monoisotopic (exact) mass is 203 g/mol. The molecule has 0 radical (unpaired) electrons. The summed E-state index contributed by atoms with van der Waals surface area (Å²) in [6.07, 6.45) is 2.21. The van der Waals surface area contributed by atoms with E-state index in [1.807, 2.05) is 11.1 Å². The van der Waals surface area contributed by atoms with Crippen molar-refractivity contribution in [2.24, 2.45) is 0 Å². The number of nitrogen functional groups attached to an aromatic ring is 1. The molecule has 0 unspecified atom stereocenters. The smallest absolute Gasteiger partial charge is 0.101 e. The maximum absolute atomic E-state index is 8.85. The first-order valence-corrected chi connectivity index (χ1v) is 5.01. The lowest BCUT2D eigenvalue weighted by Gasteiger charge is -2.28. The van der Waals surface area contributed by atoms with Crippen molar-refractivity contribution in [3.63, 3.8) is 0 Å². The molecule has 1 heterocycles. The number of benzene rings is 1. The summed E-state index contributed by atoms with van der Waals surface area (Å²) in [7, 11) is 0. The third-order valence-corrected chi connectivity index (χ3v) is 2.45. The zero-order valence-electron chi connectivity index (χ0n) is 8.44. The Labute approximate surface area is 88.8 Å². The molecule has 0 spiro atoms. The van der Waals surface area contributed by atoms with E-state index in [0.29, 0.717) is 11.3 Å². The Morgan fingerprint density at radius 1 is 1.40 bits per heavy atom. The maximum atomic E-state index is 8.85. The van der Waals surface area contributed by atoms with Crippen molar-refractivity contribution in [3.05, 3.63) is 23.8 Å². The third-order valence-electron chi connectivity index (χ3n) is 2.45. The van der Waals surface area contributed by atoms with Gasteiger partial charge in [-0.15, -0.1) is 0 Å². The van der Waals surface area contributed by atoms with E-state index in [0.717, 1.165) is 31.7 Å². The Hall–Kier alpha value is -1.73. The topological polar surface area (TPSA) is 62.3 Å². The molecule has 0 atom stereocenters. The van der Waals surface area contributed by atoms with Gasteiger partial charge in [0.1, 0.15) is 6.07 Å². The molecule has 4 heteroatoms. The summed E-state index contributed by atoms with van der Waals surface area (Å²) < 4.78 is 0. The molecule has 1 aromatic carbocycles. The molecule has 0 saturated carbocycles. The summed E-state index contributed by atoms with van der Waals surface area (Å²) in [6.45, 7) is 1.61. The van der Waals surface area contributed by atoms with Crippen LogP contribution in [-0.4, -0.2) is 13.2 Å². The molecule has 4 nitrogen and oxygen atoms in total. The van der Waals surface area contributed by atoms with Crippen molar-refractivity contribution in [2.45, 2.75) is 12.8 Å². The highest BCUT2D eigenvalue weighted by Gasteiger charge is 2.12. The molecule has 78 valence electrons. The van der Waals surface area contributed by atoms with Crippen LogP contribution in [0.5, 0.6) is 0 Å². The Kier molecular flexibility index (Phi) is 2.75. The lowest BCUT2D eigenvalue weighted by atomic mass is 10.1. The van der Waals surface area contributed by atoms with Crippen molar-refractivity contribution in [3.8, 4) is 6.07 Å². The summed E-state index contributed by atoms with van der Waals surface area (Å²) in [5.41, 5.74) is 7.56. The number of anilines is 2. The van der Waals surface area contributed by atoms with Gasteiger partial charge in [-0.3, -0.25) is 9.90 Å². The largest absolute Gasteiger partial charge is 0.398 e. The zero-order valence-corrected chi connectivity index (χ0v) is 8.44. The first-order valence-electron chi connectivity index (χ1n) is 5.01.